The lowest BCUT2D eigenvalue weighted by Crippen LogP contribution is -2.58. The van der Waals surface area contributed by atoms with Gasteiger partial charge in [0.25, 0.3) is 5.91 Å². The van der Waals surface area contributed by atoms with Crippen LogP contribution in [-0.4, -0.2) is 108 Å². The van der Waals surface area contributed by atoms with Crippen LogP contribution >= 0.6 is 34.3 Å². The first kappa shape index (κ1) is 50.4. The van der Waals surface area contributed by atoms with Gasteiger partial charge in [0.15, 0.2) is 12.4 Å². The fraction of sp³-hybridized carbons (Fsp3) is 0.404. The minimum atomic E-state index is -1.02. The number of fused-ring (bicyclic) bond motifs is 3. The Labute approximate surface area is 430 Å². The molecule has 0 bridgehead atoms. The highest BCUT2D eigenvalue weighted by Gasteiger charge is 2.45. The van der Waals surface area contributed by atoms with Crippen molar-refractivity contribution in [2.75, 3.05) is 13.2 Å². The van der Waals surface area contributed by atoms with Crippen LogP contribution in [0.4, 0.5) is 0 Å². The number of carbonyl (C=O) groups is 4. The molecule has 1 saturated carbocycles. The van der Waals surface area contributed by atoms with E-state index in [4.69, 9.17) is 26.1 Å². The molecule has 6 aromatic rings. The van der Waals surface area contributed by atoms with E-state index in [2.05, 4.69) is 50.0 Å². The molecule has 2 fully saturated rings. The number of β-amino-alcohol motifs (C(OH)–C–C–N with tert-alkyl or cyclic N) is 1. The number of thiazole rings is 1. The van der Waals surface area contributed by atoms with Gasteiger partial charge in [0, 0.05) is 65.5 Å². The maximum Gasteiger partial charge on any atom is 0.258 e. The van der Waals surface area contributed by atoms with Crippen LogP contribution in [0.2, 0.25) is 5.02 Å². The van der Waals surface area contributed by atoms with E-state index in [1.54, 1.807) is 34.8 Å². The third-order valence-corrected chi connectivity index (χ3v) is 15.7. The molecule has 4 amide bonds. The number of carbonyl (C=O) groups excluding carboxylic acids is 4. The zero-order chi connectivity index (χ0) is 51.0. The molecule has 4 atom stereocenters. The standard InChI is InChI=1S/C52H57ClN10O7S2/c1-27-29(3)72-51-44(27)45(32-12-14-34(53)15-13-32)58-39(48-61-60-30(4)63(48)51)21-41(65)57-35-18-38(19-35)70-43-17-16-37(23-54-43)69-25-42(66)59-47(52(5,6)7)50(68)62-24-36(64)20-40(62)49(67)55-22-31-8-10-33(11-9-31)46-28(2)56-26-71-46/h8-17,23,26,35-36,38-40,47,64H,18-22,24-25H2,1-7H3,(H,55,67)(H,57,65)(H,59,66)/t35?,36-,38?,39+,40+,47-/m1/s1. The Morgan fingerprint density at radius 3 is 2.33 bits per heavy atom. The van der Waals surface area contributed by atoms with Crippen molar-refractivity contribution in [2.45, 2.75) is 117 Å². The predicted molar refractivity (Wildman–Crippen MR) is 275 cm³/mol. The van der Waals surface area contributed by atoms with Gasteiger partial charge in [0.2, 0.25) is 23.6 Å². The summed E-state index contributed by atoms with van der Waals surface area (Å²) in [6, 6.07) is 16.1. The van der Waals surface area contributed by atoms with E-state index in [0.717, 1.165) is 59.8 Å². The Bertz CT molecular complexity index is 3010. The van der Waals surface area contributed by atoms with E-state index in [1.165, 1.54) is 11.1 Å². The Balaban J connectivity index is 0.744. The summed E-state index contributed by atoms with van der Waals surface area (Å²) in [7, 11) is 0. The van der Waals surface area contributed by atoms with Crippen LogP contribution in [0.5, 0.6) is 11.6 Å². The number of hydrogen-bond acceptors (Lipinski definition) is 14. The molecule has 0 unspecified atom stereocenters. The molecule has 4 N–H and O–H groups in total. The molecule has 0 radical (unpaired) electrons. The number of aliphatic hydroxyl groups excluding tert-OH is 1. The van der Waals surface area contributed by atoms with Gasteiger partial charge in [-0.25, -0.2) is 9.97 Å². The molecule has 376 valence electrons. The molecule has 3 aliphatic rings. The number of nitrogens with zero attached hydrogens (tertiary/aromatic N) is 7. The minimum Gasteiger partial charge on any atom is -0.482 e. The van der Waals surface area contributed by atoms with Gasteiger partial charge in [-0.3, -0.25) is 28.7 Å². The Hall–Kier alpha value is -6.54. The van der Waals surface area contributed by atoms with E-state index in [0.29, 0.717) is 35.3 Å². The summed E-state index contributed by atoms with van der Waals surface area (Å²) in [4.78, 5) is 72.1. The van der Waals surface area contributed by atoms with E-state index >= 15 is 0 Å². The fourth-order valence-corrected chi connectivity index (χ4v) is 11.4. The van der Waals surface area contributed by atoms with Crippen molar-refractivity contribution in [2.24, 2.45) is 10.4 Å². The largest absolute Gasteiger partial charge is 0.482 e. The van der Waals surface area contributed by atoms with Crippen LogP contribution in [0.15, 0.2) is 77.4 Å². The lowest BCUT2D eigenvalue weighted by Gasteiger charge is -2.35. The quantitative estimate of drug-likeness (QED) is 0.0828. The molecular formula is C52H57ClN10O7S2. The molecule has 17 nitrogen and oxygen atoms in total. The number of rotatable bonds is 15. The van der Waals surface area contributed by atoms with Crippen molar-refractivity contribution < 1.29 is 33.8 Å². The number of aryl methyl sites for hydroxylation is 3. The predicted octanol–water partition coefficient (Wildman–Crippen LogP) is 6.93. The maximum absolute atomic E-state index is 14.1. The van der Waals surface area contributed by atoms with Crippen molar-refractivity contribution in [1.29, 1.82) is 0 Å². The number of nitrogens with one attached hydrogen (secondary N) is 3. The average molecular weight is 1030 g/mol. The summed E-state index contributed by atoms with van der Waals surface area (Å²) in [5.41, 5.74) is 7.74. The lowest BCUT2D eigenvalue weighted by atomic mass is 9.85. The second-order valence-corrected chi connectivity index (χ2v) is 22.1. The fourth-order valence-electron chi connectivity index (χ4n) is 9.20. The number of aliphatic hydroxyl groups is 1. The van der Waals surface area contributed by atoms with Gasteiger partial charge in [-0.05, 0) is 68.0 Å². The van der Waals surface area contributed by atoms with E-state index < -0.39 is 48.1 Å². The summed E-state index contributed by atoms with van der Waals surface area (Å²) >= 11 is 9.48. The number of hydrogen-bond donors (Lipinski definition) is 4. The third-order valence-electron chi connectivity index (χ3n) is 13.3. The van der Waals surface area contributed by atoms with E-state index in [-0.39, 0.29) is 49.9 Å². The van der Waals surface area contributed by atoms with Gasteiger partial charge in [-0.2, -0.15) is 0 Å². The number of aromatic nitrogens is 5. The number of ether oxygens (including phenoxy) is 2. The normalized spacial score (nSPS) is 19.8. The SMILES string of the molecule is Cc1ncsc1-c1ccc(CNC(=O)[C@@H]2C[C@@H](O)CN2C(=O)[C@@H](NC(=O)COc2ccc(OC3CC(NC(=O)C[C@@H]4N=C(c5ccc(Cl)cc5)c5c(sc(C)c5C)-n5c(C)nnc54)C3)nc2)C(C)(C)C)cc1. The molecule has 0 spiro atoms. The van der Waals surface area contributed by atoms with Crippen molar-refractivity contribution in [1.82, 2.24) is 45.6 Å². The molecule has 2 aromatic carbocycles. The number of thiophene rings is 1. The summed E-state index contributed by atoms with van der Waals surface area (Å²) in [6.45, 7) is 13.3. The number of amides is 4. The highest BCUT2D eigenvalue weighted by Crippen LogP contribution is 2.40. The number of aliphatic imine (C=N–C) groups is 1. The average Bonchev–Trinajstić information content (AvgIpc) is 4.11. The third kappa shape index (κ3) is 10.9. The Morgan fingerprint density at radius 1 is 0.917 bits per heavy atom. The van der Waals surface area contributed by atoms with Crippen molar-refractivity contribution in [3.63, 3.8) is 0 Å². The van der Waals surface area contributed by atoms with Crippen LogP contribution in [0.3, 0.4) is 0 Å². The first-order valence-corrected chi connectivity index (χ1v) is 25.9. The molecule has 1 saturated heterocycles. The van der Waals surface area contributed by atoms with Crippen LogP contribution in [-0.2, 0) is 25.7 Å². The van der Waals surface area contributed by atoms with Gasteiger partial charge in [-0.15, -0.1) is 32.9 Å². The lowest BCUT2D eigenvalue weighted by molar-refractivity contribution is -0.144. The summed E-state index contributed by atoms with van der Waals surface area (Å²) in [5, 5.41) is 30.0. The first-order valence-electron chi connectivity index (χ1n) is 23.9. The van der Waals surface area contributed by atoms with Crippen molar-refractivity contribution in [3.05, 3.63) is 122 Å². The van der Waals surface area contributed by atoms with Crippen LogP contribution in [0.1, 0.15) is 97.0 Å². The molecular weight excluding hydrogens is 976 g/mol. The monoisotopic (exact) mass is 1030 g/mol. The molecule has 2 aliphatic heterocycles. The van der Waals surface area contributed by atoms with Gasteiger partial charge in [0.05, 0.1) is 40.5 Å². The smallest absolute Gasteiger partial charge is 0.258 e. The van der Waals surface area contributed by atoms with E-state index in [9.17, 15) is 24.3 Å². The van der Waals surface area contributed by atoms with Crippen LogP contribution < -0.4 is 25.4 Å². The molecule has 1 aliphatic carbocycles. The Morgan fingerprint density at radius 2 is 1.65 bits per heavy atom. The van der Waals surface area contributed by atoms with Crippen LogP contribution in [0, 0.1) is 33.1 Å². The second kappa shape index (κ2) is 20.9. The molecule has 20 heteroatoms. The summed E-state index contributed by atoms with van der Waals surface area (Å²) in [5.74, 6) is 0.440. The zero-order valence-electron chi connectivity index (χ0n) is 41.1. The van der Waals surface area contributed by atoms with Crippen LogP contribution in [0.25, 0.3) is 15.4 Å². The second-order valence-electron chi connectivity index (χ2n) is 19.6. The highest BCUT2D eigenvalue weighted by atomic mass is 35.5. The molecule has 4 aromatic heterocycles. The zero-order valence-corrected chi connectivity index (χ0v) is 43.5. The number of halogens is 1. The van der Waals surface area contributed by atoms with Crippen molar-refractivity contribution >= 4 is 63.6 Å². The summed E-state index contributed by atoms with van der Waals surface area (Å²) in [6.07, 6.45) is 1.70. The molecule has 6 heterocycles. The number of benzene rings is 2. The van der Waals surface area contributed by atoms with Gasteiger partial charge >= 0.3 is 0 Å². The van der Waals surface area contributed by atoms with Gasteiger partial charge in [0.1, 0.15) is 40.8 Å². The molecule has 9 rings (SSSR count). The topological polar surface area (TPSA) is 215 Å². The van der Waals surface area contributed by atoms with E-state index in [1.807, 2.05) is 93.2 Å². The number of pyridine rings is 1. The Kier molecular flexibility index (Phi) is 14.6. The number of likely N-dealkylation sites (tertiary alicyclic amines) is 1. The van der Waals surface area contributed by atoms with Gasteiger partial charge < -0.3 is 35.4 Å². The summed E-state index contributed by atoms with van der Waals surface area (Å²) < 4.78 is 13.9. The van der Waals surface area contributed by atoms with Gasteiger partial charge in [-0.1, -0.05) is 68.8 Å². The first-order chi connectivity index (χ1) is 34.4. The van der Waals surface area contributed by atoms with Crippen molar-refractivity contribution in [3.8, 4) is 27.1 Å². The minimum absolute atomic E-state index is 0.0415. The molecule has 72 heavy (non-hydrogen) atoms. The highest BCUT2D eigenvalue weighted by molar-refractivity contribution is 7.15. The maximum atomic E-state index is 14.1.